The summed E-state index contributed by atoms with van der Waals surface area (Å²) in [6.07, 6.45) is 0. The fraction of sp³-hybridized carbons (Fsp3) is 0.143. The van der Waals surface area contributed by atoms with Gasteiger partial charge in [0.05, 0.1) is 6.61 Å². The molecule has 0 atom stereocenters. The zero-order chi connectivity index (χ0) is 13.8. The lowest BCUT2D eigenvalue weighted by molar-refractivity contribution is 0.257. The molecule has 0 aliphatic carbocycles. The predicted molar refractivity (Wildman–Crippen MR) is 75.8 cm³/mol. The van der Waals surface area contributed by atoms with Gasteiger partial charge in [-0.1, -0.05) is 33.6 Å². The number of hydrogen-bond donors (Lipinski definition) is 1. The van der Waals surface area contributed by atoms with Crippen LogP contribution in [0.1, 0.15) is 11.1 Å². The topological polar surface area (TPSA) is 29.5 Å². The van der Waals surface area contributed by atoms with E-state index in [1.54, 1.807) is 30.3 Å². The summed E-state index contributed by atoms with van der Waals surface area (Å²) >= 11 is 9.23. The van der Waals surface area contributed by atoms with Crippen LogP contribution >= 0.6 is 27.5 Å². The van der Waals surface area contributed by atoms with E-state index in [9.17, 15) is 9.50 Å². The van der Waals surface area contributed by atoms with Crippen LogP contribution in [0.15, 0.2) is 40.9 Å². The van der Waals surface area contributed by atoms with Crippen LogP contribution in [0.5, 0.6) is 5.75 Å². The van der Waals surface area contributed by atoms with E-state index in [1.807, 2.05) is 0 Å². The molecular formula is C14H11BrClFO2. The Morgan fingerprint density at radius 3 is 2.79 bits per heavy atom. The summed E-state index contributed by atoms with van der Waals surface area (Å²) in [5.74, 6) is 0.116. The van der Waals surface area contributed by atoms with Crippen molar-refractivity contribution in [2.45, 2.75) is 13.2 Å². The highest BCUT2D eigenvalue weighted by atomic mass is 79.9. The van der Waals surface area contributed by atoms with Gasteiger partial charge in [0.2, 0.25) is 0 Å². The molecule has 5 heteroatoms. The first-order valence-corrected chi connectivity index (χ1v) is 6.74. The third kappa shape index (κ3) is 3.47. The number of rotatable bonds is 4. The molecule has 0 amide bonds. The van der Waals surface area contributed by atoms with Crippen LogP contribution in [0.3, 0.4) is 0 Å². The maximum atomic E-state index is 13.6. The molecule has 0 aromatic heterocycles. The Kier molecular flexibility index (Phi) is 4.80. The van der Waals surface area contributed by atoms with Gasteiger partial charge in [-0.25, -0.2) is 4.39 Å². The van der Waals surface area contributed by atoms with Crippen LogP contribution in [-0.2, 0) is 13.2 Å². The highest BCUT2D eigenvalue weighted by Crippen LogP contribution is 2.27. The second kappa shape index (κ2) is 6.37. The number of hydrogen-bond acceptors (Lipinski definition) is 2. The van der Waals surface area contributed by atoms with Gasteiger partial charge in [-0.05, 0) is 30.3 Å². The summed E-state index contributed by atoms with van der Waals surface area (Å²) in [5.41, 5.74) is 0.929. The fourth-order valence-corrected chi connectivity index (χ4v) is 2.27. The van der Waals surface area contributed by atoms with Crippen LogP contribution in [0.2, 0.25) is 5.02 Å². The molecule has 0 saturated carbocycles. The van der Waals surface area contributed by atoms with Crippen LogP contribution < -0.4 is 4.74 Å². The zero-order valence-electron chi connectivity index (χ0n) is 9.87. The summed E-state index contributed by atoms with van der Waals surface area (Å²) in [6, 6.07) is 9.71. The average molecular weight is 346 g/mol. The molecule has 0 bridgehead atoms. The van der Waals surface area contributed by atoms with Gasteiger partial charge in [0.1, 0.15) is 18.2 Å². The van der Waals surface area contributed by atoms with Gasteiger partial charge in [0.25, 0.3) is 0 Å². The first-order chi connectivity index (χ1) is 9.11. The van der Waals surface area contributed by atoms with Crippen molar-refractivity contribution in [3.05, 3.63) is 62.8 Å². The molecule has 2 aromatic carbocycles. The Bertz CT molecular complexity index is 590. The maximum Gasteiger partial charge on any atom is 0.129 e. The molecule has 0 unspecified atom stereocenters. The molecular weight excluding hydrogens is 335 g/mol. The second-order valence-electron chi connectivity index (χ2n) is 3.90. The van der Waals surface area contributed by atoms with Crippen molar-refractivity contribution in [3.63, 3.8) is 0 Å². The lowest BCUT2D eigenvalue weighted by Crippen LogP contribution is -2.01. The predicted octanol–water partition coefficient (Wildman–Crippen LogP) is 4.31. The van der Waals surface area contributed by atoms with E-state index in [1.165, 1.54) is 6.07 Å². The fourth-order valence-electron chi connectivity index (χ4n) is 1.64. The number of ether oxygens (including phenoxy) is 1. The highest BCUT2D eigenvalue weighted by Gasteiger charge is 2.09. The smallest absolute Gasteiger partial charge is 0.129 e. The summed E-state index contributed by atoms with van der Waals surface area (Å²) < 4.78 is 19.9. The largest absolute Gasteiger partial charge is 0.488 e. The summed E-state index contributed by atoms with van der Waals surface area (Å²) in [5, 5.41) is 9.67. The lowest BCUT2D eigenvalue weighted by Gasteiger charge is -2.12. The Balaban J connectivity index is 2.19. The van der Waals surface area contributed by atoms with Crippen molar-refractivity contribution in [2.24, 2.45) is 0 Å². The molecule has 0 radical (unpaired) electrons. The minimum absolute atomic E-state index is 0.0681. The van der Waals surface area contributed by atoms with Gasteiger partial charge < -0.3 is 9.84 Å². The molecule has 0 spiro atoms. The van der Waals surface area contributed by atoms with Gasteiger partial charge in [-0.15, -0.1) is 0 Å². The Labute approximate surface area is 123 Å². The summed E-state index contributed by atoms with van der Waals surface area (Å²) in [7, 11) is 0. The third-order valence-corrected chi connectivity index (χ3v) is 3.47. The van der Waals surface area contributed by atoms with Crippen LogP contribution in [0, 0.1) is 5.82 Å². The molecule has 0 fully saturated rings. The van der Waals surface area contributed by atoms with Crippen molar-refractivity contribution in [3.8, 4) is 5.75 Å². The molecule has 0 aliphatic heterocycles. The van der Waals surface area contributed by atoms with E-state index in [4.69, 9.17) is 16.3 Å². The van der Waals surface area contributed by atoms with Gasteiger partial charge in [-0.2, -0.15) is 0 Å². The first kappa shape index (κ1) is 14.3. The molecule has 2 rings (SSSR count). The van der Waals surface area contributed by atoms with Crippen molar-refractivity contribution in [2.75, 3.05) is 0 Å². The van der Waals surface area contributed by atoms with E-state index in [0.29, 0.717) is 21.9 Å². The van der Waals surface area contributed by atoms with Crippen molar-refractivity contribution in [1.82, 2.24) is 0 Å². The number of aliphatic hydroxyl groups excluding tert-OH is 1. The normalized spacial score (nSPS) is 10.5. The number of aliphatic hydroxyl groups is 1. The number of halogens is 3. The standard InChI is InChI=1S/C14H11BrClFO2/c15-10-4-5-13(17)9(6-10)8-19-14-3-1-2-12(16)11(14)7-18/h1-6,18H,7-8H2. The maximum absolute atomic E-state index is 13.6. The van der Waals surface area contributed by atoms with Crippen LogP contribution in [-0.4, -0.2) is 5.11 Å². The molecule has 0 heterocycles. The van der Waals surface area contributed by atoms with Crippen LogP contribution in [0.25, 0.3) is 0 Å². The molecule has 1 N–H and O–H groups in total. The third-order valence-electron chi connectivity index (χ3n) is 2.62. The Morgan fingerprint density at radius 1 is 1.26 bits per heavy atom. The van der Waals surface area contributed by atoms with E-state index in [-0.39, 0.29) is 19.0 Å². The van der Waals surface area contributed by atoms with Crippen molar-refractivity contribution >= 4 is 27.5 Å². The monoisotopic (exact) mass is 344 g/mol. The van der Waals surface area contributed by atoms with Crippen molar-refractivity contribution in [1.29, 1.82) is 0 Å². The van der Waals surface area contributed by atoms with Crippen molar-refractivity contribution < 1.29 is 14.2 Å². The van der Waals surface area contributed by atoms with E-state index in [2.05, 4.69) is 15.9 Å². The Morgan fingerprint density at radius 2 is 2.05 bits per heavy atom. The van der Waals surface area contributed by atoms with E-state index < -0.39 is 0 Å². The SMILES string of the molecule is OCc1c(Cl)cccc1OCc1cc(Br)ccc1F. The van der Waals surface area contributed by atoms with Gasteiger partial charge in [0, 0.05) is 20.6 Å². The molecule has 2 nitrogen and oxygen atoms in total. The Hall–Kier alpha value is -1.10. The first-order valence-electron chi connectivity index (χ1n) is 5.57. The number of benzene rings is 2. The summed E-state index contributed by atoms with van der Waals surface area (Å²) in [4.78, 5) is 0. The van der Waals surface area contributed by atoms with Gasteiger partial charge in [-0.3, -0.25) is 0 Å². The summed E-state index contributed by atoms with van der Waals surface area (Å²) in [6.45, 7) is -0.158. The molecule has 100 valence electrons. The molecule has 2 aromatic rings. The average Bonchev–Trinajstić information content (AvgIpc) is 2.40. The quantitative estimate of drug-likeness (QED) is 0.894. The minimum Gasteiger partial charge on any atom is -0.488 e. The highest BCUT2D eigenvalue weighted by molar-refractivity contribution is 9.10. The lowest BCUT2D eigenvalue weighted by atomic mass is 10.2. The van der Waals surface area contributed by atoms with Crippen LogP contribution in [0.4, 0.5) is 4.39 Å². The van der Waals surface area contributed by atoms with E-state index in [0.717, 1.165) is 4.47 Å². The van der Waals surface area contributed by atoms with E-state index >= 15 is 0 Å². The van der Waals surface area contributed by atoms with Gasteiger partial charge in [0.15, 0.2) is 0 Å². The molecule has 0 aliphatic rings. The minimum atomic E-state index is -0.337. The molecule has 19 heavy (non-hydrogen) atoms. The second-order valence-corrected chi connectivity index (χ2v) is 5.22. The molecule has 0 saturated heterocycles. The van der Waals surface area contributed by atoms with Gasteiger partial charge >= 0.3 is 0 Å². The zero-order valence-corrected chi connectivity index (χ0v) is 12.2.